The predicted molar refractivity (Wildman–Crippen MR) is 284 cm³/mol. The van der Waals surface area contributed by atoms with Crippen LogP contribution in [-0.2, 0) is 53.3 Å². The van der Waals surface area contributed by atoms with Gasteiger partial charge in [0.05, 0.1) is 39.5 Å². The lowest BCUT2D eigenvalue weighted by Crippen LogP contribution is -2.25. The summed E-state index contributed by atoms with van der Waals surface area (Å²) in [4.78, 5) is 44.8. The van der Waals surface area contributed by atoms with Crippen molar-refractivity contribution in [1.82, 2.24) is 70.3 Å². The molecule has 428 valence electrons. The Morgan fingerprint density at radius 1 is 0.622 bits per heavy atom. The van der Waals surface area contributed by atoms with E-state index in [2.05, 4.69) is 71.6 Å². The first-order valence-electron chi connectivity index (χ1n) is 26.8. The summed E-state index contributed by atoms with van der Waals surface area (Å²) < 4.78 is 74.5. The number of aryl methyl sites for hydroxylation is 1. The van der Waals surface area contributed by atoms with Gasteiger partial charge in [0.1, 0.15) is 0 Å². The van der Waals surface area contributed by atoms with Crippen LogP contribution in [0.25, 0.3) is 22.9 Å². The molecular formula is C54H58F4N18O6. The number of aromatic nitrogens is 14. The highest BCUT2D eigenvalue weighted by Gasteiger charge is 2.33. The van der Waals surface area contributed by atoms with Crippen molar-refractivity contribution >= 4 is 35.9 Å². The third kappa shape index (κ3) is 12.3. The average Bonchev–Trinajstić information content (AvgIpc) is 4.36. The monoisotopic (exact) mass is 1130 g/mol. The number of halogens is 4. The molecule has 2 aromatic carbocycles. The topological polar surface area (TPSA) is 285 Å². The molecule has 4 aliphatic rings. The van der Waals surface area contributed by atoms with Gasteiger partial charge in [0, 0.05) is 87.6 Å². The van der Waals surface area contributed by atoms with Crippen molar-refractivity contribution in [2.75, 3.05) is 46.6 Å². The lowest BCUT2D eigenvalue weighted by molar-refractivity contribution is -0.157. The maximum atomic E-state index is 13.5. The van der Waals surface area contributed by atoms with Gasteiger partial charge >= 0.3 is 24.0 Å². The summed E-state index contributed by atoms with van der Waals surface area (Å²) in [6.07, 6.45) is 14.4. The van der Waals surface area contributed by atoms with Crippen molar-refractivity contribution in [3.63, 3.8) is 0 Å². The number of hydrogen-bond acceptors (Lipinski definition) is 21. The molecule has 82 heavy (non-hydrogen) atoms. The van der Waals surface area contributed by atoms with E-state index in [1.165, 1.54) is 28.9 Å². The van der Waals surface area contributed by atoms with Gasteiger partial charge in [0.2, 0.25) is 11.9 Å². The summed E-state index contributed by atoms with van der Waals surface area (Å²) in [5.41, 5.74) is 4.49. The minimum absolute atomic E-state index is 0.0111. The van der Waals surface area contributed by atoms with E-state index in [9.17, 15) is 32.3 Å². The molecule has 24 nitrogen and oxygen atoms in total. The molecule has 0 saturated carbocycles. The molecule has 0 radical (unpaired) electrons. The molecule has 2 aliphatic heterocycles. The van der Waals surface area contributed by atoms with E-state index < -0.39 is 40.1 Å². The molecule has 0 bridgehead atoms. The Balaban J connectivity index is 0.000000172. The predicted octanol–water partition coefficient (Wildman–Crippen LogP) is 6.99. The second kappa shape index (κ2) is 22.5. The molecule has 0 spiro atoms. The van der Waals surface area contributed by atoms with Gasteiger partial charge in [-0.3, -0.25) is 14.3 Å². The third-order valence-electron chi connectivity index (χ3n) is 15.0. The number of hydrogen-bond donors (Lipinski definition) is 3. The Hall–Kier alpha value is -8.98. The lowest BCUT2D eigenvalue weighted by Gasteiger charge is -2.18. The number of carboxylic acids is 1. The van der Waals surface area contributed by atoms with E-state index in [0.717, 1.165) is 46.5 Å². The van der Waals surface area contributed by atoms with Crippen LogP contribution in [0.4, 0.5) is 41.5 Å². The molecule has 2 unspecified atom stereocenters. The standard InChI is InChI=1S/2C27H29F2N9O3/c1-27(2,3)24(39)40-14-38-13-22(33-36-38)15-4-5-37(12-15)26-35-34-23(41-26)18-10-30-25(31-11-18)32-19-6-16-8-20(28)21(29)9-17(16)7-19;1-27(2,24(39)40)4-6-38-14-22(33-36-38)15-3-5-37(13-15)26-35-34-23(41-26)18-11-30-25(31-12-18)32-19-7-16-9-20(28)21(29)10-17(16)8-19/h8-11,13,15,19H,4-7,12,14H2,1-3H3,(H,30,31,32);9-12,14-15,19H,3-8,13H2,1-2H3,(H,39,40)(H,30,31,32). The number of anilines is 4. The van der Waals surface area contributed by atoms with E-state index in [4.69, 9.17) is 13.6 Å². The zero-order valence-electron chi connectivity index (χ0n) is 45.4. The minimum atomic E-state index is -0.838. The summed E-state index contributed by atoms with van der Waals surface area (Å²) >= 11 is 0. The van der Waals surface area contributed by atoms with Gasteiger partial charge in [-0.1, -0.05) is 20.6 Å². The lowest BCUT2D eigenvalue weighted by atomic mass is 9.90. The first-order valence-corrected chi connectivity index (χ1v) is 26.8. The van der Waals surface area contributed by atoms with Crippen LogP contribution < -0.4 is 20.4 Å². The van der Waals surface area contributed by atoms with Crippen LogP contribution in [0.3, 0.4) is 0 Å². The number of nitrogens with one attached hydrogen (secondary N) is 2. The van der Waals surface area contributed by atoms with Crippen molar-refractivity contribution in [3.05, 3.63) is 118 Å². The quantitative estimate of drug-likeness (QED) is 0.0649. The number of carbonyl (C=O) groups excluding carboxylic acids is 1. The molecule has 8 aromatic rings. The number of esters is 1. The SMILES string of the molecule is CC(C)(C)C(=O)OCn1cc(C2CCN(c3nnc(-c4cnc(NC5Cc6cc(F)c(F)cc6C5)nc4)o3)C2)nn1.CC(C)(CCn1cc(C2CCN(c3nnc(-c4cnc(NC5Cc6cc(F)c(F)cc6C5)nc4)o3)C2)nn1)C(=O)O. The fraction of sp³-hybridized carbons (Fsp3) is 0.444. The largest absolute Gasteiger partial charge is 0.481 e. The van der Waals surface area contributed by atoms with Crippen molar-refractivity contribution in [3.8, 4) is 22.9 Å². The molecule has 28 heteroatoms. The summed E-state index contributed by atoms with van der Waals surface area (Å²) in [5, 5.41) is 49.3. The van der Waals surface area contributed by atoms with Gasteiger partial charge in [-0.15, -0.1) is 20.4 Å². The minimum Gasteiger partial charge on any atom is -0.481 e. The summed E-state index contributed by atoms with van der Waals surface area (Å²) in [6.45, 7) is 11.9. The van der Waals surface area contributed by atoms with Crippen LogP contribution in [0.1, 0.15) is 99.4 Å². The van der Waals surface area contributed by atoms with E-state index >= 15 is 0 Å². The van der Waals surface area contributed by atoms with Crippen molar-refractivity contribution in [2.45, 2.75) is 117 Å². The molecular weight excluding hydrogens is 1070 g/mol. The van der Waals surface area contributed by atoms with Crippen molar-refractivity contribution in [1.29, 1.82) is 0 Å². The highest BCUT2D eigenvalue weighted by atomic mass is 19.2. The van der Waals surface area contributed by atoms with Crippen LogP contribution in [0.2, 0.25) is 0 Å². The maximum Gasteiger partial charge on any atom is 0.318 e. The number of benzene rings is 2. The van der Waals surface area contributed by atoms with Gasteiger partial charge in [-0.05, 0) is 126 Å². The zero-order valence-corrected chi connectivity index (χ0v) is 45.4. The smallest absolute Gasteiger partial charge is 0.318 e. The van der Waals surface area contributed by atoms with E-state index in [0.29, 0.717) is 112 Å². The molecule has 0 amide bonds. The average molecular weight is 1130 g/mol. The maximum absolute atomic E-state index is 13.5. The fourth-order valence-electron chi connectivity index (χ4n) is 10.1. The molecule has 2 saturated heterocycles. The first-order chi connectivity index (χ1) is 39.3. The molecule has 3 N–H and O–H groups in total. The molecule has 12 rings (SSSR count). The van der Waals surface area contributed by atoms with Crippen LogP contribution >= 0.6 is 0 Å². The molecule has 2 aliphatic carbocycles. The molecule has 2 atom stereocenters. The second-order valence-corrected chi connectivity index (χ2v) is 22.6. The number of rotatable bonds is 16. The number of nitrogens with zero attached hydrogens (tertiary/aromatic N) is 16. The number of carboxylic acid groups (broad SMARTS) is 1. The summed E-state index contributed by atoms with van der Waals surface area (Å²) in [7, 11) is 0. The Bertz CT molecular complexity index is 3540. The second-order valence-electron chi connectivity index (χ2n) is 22.6. The summed E-state index contributed by atoms with van der Waals surface area (Å²) in [5.74, 6) is -2.86. The highest BCUT2D eigenvalue weighted by molar-refractivity contribution is 5.75. The molecule has 2 fully saturated rings. The number of ether oxygens (including phenoxy) is 1. The van der Waals surface area contributed by atoms with Gasteiger partial charge in [0.25, 0.3) is 11.8 Å². The Morgan fingerprint density at radius 2 is 1.04 bits per heavy atom. The highest BCUT2D eigenvalue weighted by Crippen LogP contribution is 2.34. The Labute approximate surface area is 466 Å². The normalized spacial score (nSPS) is 17.2. The number of aliphatic carboxylic acids is 1. The zero-order chi connectivity index (χ0) is 57.5. The van der Waals surface area contributed by atoms with Crippen molar-refractivity contribution < 1.29 is 45.8 Å². The summed E-state index contributed by atoms with van der Waals surface area (Å²) in [6, 6.07) is 5.67. The molecule has 6 aromatic heterocycles. The van der Waals surface area contributed by atoms with Crippen LogP contribution in [0, 0.1) is 34.1 Å². The molecule has 8 heterocycles. The first kappa shape index (κ1) is 55.0. The van der Waals surface area contributed by atoms with Gasteiger partial charge < -0.3 is 39.1 Å². The number of fused-ring (bicyclic) bond motifs is 2. The van der Waals surface area contributed by atoms with Gasteiger partial charge in [-0.25, -0.2) is 42.2 Å². The van der Waals surface area contributed by atoms with Crippen LogP contribution in [0.15, 0.2) is 70.3 Å². The van der Waals surface area contributed by atoms with Crippen LogP contribution in [-0.4, -0.2) is 126 Å². The van der Waals surface area contributed by atoms with Crippen molar-refractivity contribution in [2.24, 2.45) is 10.8 Å². The Kier molecular flexibility index (Phi) is 15.1. The van der Waals surface area contributed by atoms with Crippen LogP contribution in [0.5, 0.6) is 0 Å². The fourth-order valence-corrected chi connectivity index (χ4v) is 10.1. The van der Waals surface area contributed by atoms with E-state index in [1.807, 2.05) is 16.0 Å². The third-order valence-corrected chi connectivity index (χ3v) is 15.0. The van der Waals surface area contributed by atoms with Gasteiger partial charge in [-0.2, -0.15) is 0 Å². The van der Waals surface area contributed by atoms with Gasteiger partial charge in [0.15, 0.2) is 30.0 Å². The van der Waals surface area contributed by atoms with E-state index in [1.54, 1.807) is 70.3 Å². The Morgan fingerprint density at radius 3 is 1.45 bits per heavy atom. The van der Waals surface area contributed by atoms with E-state index in [-0.39, 0.29) is 36.6 Å². The number of carbonyl (C=O) groups is 2.